The number of rotatable bonds is 1. The molecule has 2 atom stereocenters. The van der Waals surface area contributed by atoms with Crippen LogP contribution in [0.4, 0.5) is 0 Å². The van der Waals surface area contributed by atoms with Crippen LogP contribution in [-0.4, -0.2) is 12.1 Å². The Morgan fingerprint density at radius 1 is 1.22 bits per heavy atom. The molecule has 2 nitrogen and oxygen atoms in total. The minimum atomic E-state index is -0.198. The van der Waals surface area contributed by atoms with E-state index < -0.39 is 0 Å². The van der Waals surface area contributed by atoms with Gasteiger partial charge in [-0.05, 0) is 61.4 Å². The summed E-state index contributed by atoms with van der Waals surface area (Å²) in [4.78, 5) is 11.2. The molecule has 1 heterocycles. The smallest absolute Gasteiger partial charge is 0.331 e. The first-order valence-corrected chi connectivity index (χ1v) is 6.64. The highest BCUT2D eigenvalue weighted by Crippen LogP contribution is 2.38. The van der Waals surface area contributed by atoms with Crippen molar-refractivity contribution in [1.29, 1.82) is 0 Å². The van der Waals surface area contributed by atoms with E-state index in [0.717, 1.165) is 12.8 Å². The standard InChI is InChI=1S/C16H18O2/c1-10-8-12-4-3-5-13(14(12)9-11(10)2)15-6-7-16(17)18-15/h6-9,13,15H,3-5H2,1-2H3/t13-,15+/m1/s1. The second kappa shape index (κ2) is 4.27. The van der Waals surface area contributed by atoms with Crippen LogP contribution < -0.4 is 0 Å². The minimum Gasteiger partial charge on any atom is -0.454 e. The molecule has 0 bridgehead atoms. The highest BCUT2D eigenvalue weighted by molar-refractivity contribution is 5.84. The van der Waals surface area contributed by atoms with Crippen molar-refractivity contribution in [2.45, 2.75) is 45.1 Å². The van der Waals surface area contributed by atoms with E-state index in [4.69, 9.17) is 4.74 Å². The fraction of sp³-hybridized carbons (Fsp3) is 0.438. The molecule has 0 amide bonds. The number of ether oxygens (including phenoxy) is 1. The second-order valence-electron chi connectivity index (χ2n) is 5.39. The van der Waals surface area contributed by atoms with E-state index in [1.807, 2.05) is 6.08 Å². The zero-order valence-electron chi connectivity index (χ0n) is 10.9. The van der Waals surface area contributed by atoms with Gasteiger partial charge >= 0.3 is 5.97 Å². The number of carbonyl (C=O) groups excluding carboxylic acids is 1. The van der Waals surface area contributed by atoms with Crippen LogP contribution in [0.2, 0.25) is 0 Å². The Hall–Kier alpha value is -1.57. The molecule has 2 heteroatoms. The summed E-state index contributed by atoms with van der Waals surface area (Å²) in [5.41, 5.74) is 5.50. The molecule has 0 unspecified atom stereocenters. The van der Waals surface area contributed by atoms with Gasteiger partial charge < -0.3 is 4.74 Å². The number of carbonyl (C=O) groups is 1. The number of hydrogen-bond donors (Lipinski definition) is 0. The Balaban J connectivity index is 1.99. The minimum absolute atomic E-state index is 0.0568. The highest BCUT2D eigenvalue weighted by atomic mass is 16.5. The molecule has 3 rings (SSSR count). The van der Waals surface area contributed by atoms with Crippen molar-refractivity contribution in [3.05, 3.63) is 46.5 Å². The molecule has 0 fully saturated rings. The molecule has 1 aromatic rings. The van der Waals surface area contributed by atoms with Crippen LogP contribution in [0.5, 0.6) is 0 Å². The second-order valence-corrected chi connectivity index (χ2v) is 5.39. The van der Waals surface area contributed by atoms with Gasteiger partial charge in [0.05, 0.1) is 0 Å². The van der Waals surface area contributed by atoms with E-state index in [1.165, 1.54) is 28.7 Å². The molecule has 94 valence electrons. The zero-order valence-corrected chi connectivity index (χ0v) is 10.9. The van der Waals surface area contributed by atoms with Gasteiger partial charge in [0.15, 0.2) is 0 Å². The third-order valence-electron chi connectivity index (χ3n) is 4.19. The maximum atomic E-state index is 11.2. The van der Waals surface area contributed by atoms with Gasteiger partial charge in [-0.1, -0.05) is 12.1 Å². The highest BCUT2D eigenvalue weighted by Gasteiger charge is 2.31. The van der Waals surface area contributed by atoms with Crippen LogP contribution in [0.3, 0.4) is 0 Å². The first-order chi connectivity index (χ1) is 8.65. The molecule has 18 heavy (non-hydrogen) atoms. The van der Waals surface area contributed by atoms with Crippen molar-refractivity contribution in [3.63, 3.8) is 0 Å². The van der Waals surface area contributed by atoms with Crippen LogP contribution >= 0.6 is 0 Å². The van der Waals surface area contributed by atoms with Crippen molar-refractivity contribution in [1.82, 2.24) is 0 Å². The van der Waals surface area contributed by atoms with E-state index in [9.17, 15) is 4.79 Å². The maximum Gasteiger partial charge on any atom is 0.331 e. The van der Waals surface area contributed by atoms with E-state index in [0.29, 0.717) is 5.92 Å². The fourth-order valence-electron chi connectivity index (χ4n) is 3.07. The molecular formula is C16H18O2. The van der Waals surface area contributed by atoms with Crippen LogP contribution in [0.25, 0.3) is 0 Å². The Kier molecular flexibility index (Phi) is 2.73. The Bertz CT molecular complexity index is 528. The summed E-state index contributed by atoms with van der Waals surface area (Å²) in [7, 11) is 0. The lowest BCUT2D eigenvalue weighted by atomic mass is 9.78. The molecule has 0 N–H and O–H groups in total. The summed E-state index contributed by atoms with van der Waals surface area (Å²) in [6.45, 7) is 4.31. The number of esters is 1. The number of aryl methyl sites for hydroxylation is 3. The predicted molar refractivity (Wildman–Crippen MR) is 70.6 cm³/mol. The lowest BCUT2D eigenvalue weighted by Gasteiger charge is -2.29. The number of benzene rings is 1. The van der Waals surface area contributed by atoms with Gasteiger partial charge in [-0.2, -0.15) is 0 Å². The van der Waals surface area contributed by atoms with E-state index in [1.54, 1.807) is 6.08 Å². The summed E-state index contributed by atoms with van der Waals surface area (Å²) in [6.07, 6.45) is 6.85. The van der Waals surface area contributed by atoms with Crippen molar-refractivity contribution >= 4 is 5.97 Å². The first kappa shape index (κ1) is 11.5. The van der Waals surface area contributed by atoms with Gasteiger partial charge in [0, 0.05) is 12.0 Å². The van der Waals surface area contributed by atoms with Gasteiger partial charge in [-0.3, -0.25) is 0 Å². The van der Waals surface area contributed by atoms with E-state index >= 15 is 0 Å². The third-order valence-corrected chi connectivity index (χ3v) is 4.19. The zero-order chi connectivity index (χ0) is 12.7. The lowest BCUT2D eigenvalue weighted by Crippen LogP contribution is -2.23. The molecule has 0 spiro atoms. The quantitative estimate of drug-likeness (QED) is 0.707. The van der Waals surface area contributed by atoms with Gasteiger partial charge in [0.2, 0.25) is 0 Å². The normalized spacial score (nSPS) is 26.0. The maximum absolute atomic E-state index is 11.2. The number of fused-ring (bicyclic) bond motifs is 1. The van der Waals surface area contributed by atoms with E-state index in [2.05, 4.69) is 26.0 Å². The molecule has 0 saturated carbocycles. The van der Waals surface area contributed by atoms with Crippen LogP contribution in [0.15, 0.2) is 24.3 Å². The van der Waals surface area contributed by atoms with Crippen LogP contribution in [0, 0.1) is 13.8 Å². The summed E-state index contributed by atoms with van der Waals surface area (Å²) in [5, 5.41) is 0. The fourth-order valence-corrected chi connectivity index (χ4v) is 3.07. The third kappa shape index (κ3) is 1.86. The van der Waals surface area contributed by atoms with Crippen molar-refractivity contribution < 1.29 is 9.53 Å². The summed E-state index contributed by atoms with van der Waals surface area (Å²) < 4.78 is 5.38. The average Bonchev–Trinajstić information content (AvgIpc) is 2.77. The van der Waals surface area contributed by atoms with Gasteiger partial charge in [-0.25, -0.2) is 4.79 Å². The molecular weight excluding hydrogens is 224 g/mol. The Labute approximate surface area is 108 Å². The van der Waals surface area contributed by atoms with Crippen molar-refractivity contribution in [2.24, 2.45) is 0 Å². The molecule has 0 saturated heterocycles. The molecule has 0 radical (unpaired) electrons. The number of hydrogen-bond acceptors (Lipinski definition) is 2. The molecule has 1 aliphatic carbocycles. The molecule has 1 aromatic carbocycles. The van der Waals surface area contributed by atoms with Crippen LogP contribution in [0.1, 0.15) is 41.0 Å². The Morgan fingerprint density at radius 2 is 2.00 bits per heavy atom. The Morgan fingerprint density at radius 3 is 2.72 bits per heavy atom. The van der Waals surface area contributed by atoms with Crippen LogP contribution in [-0.2, 0) is 16.0 Å². The summed E-state index contributed by atoms with van der Waals surface area (Å²) >= 11 is 0. The average molecular weight is 242 g/mol. The molecule has 0 aromatic heterocycles. The SMILES string of the molecule is Cc1cc2c(cc1C)[C@H]([C@@H]1C=CC(=O)O1)CCC2. The lowest BCUT2D eigenvalue weighted by molar-refractivity contribution is -0.139. The van der Waals surface area contributed by atoms with Gasteiger partial charge in [0.1, 0.15) is 6.10 Å². The van der Waals surface area contributed by atoms with Crippen molar-refractivity contribution in [2.75, 3.05) is 0 Å². The first-order valence-electron chi connectivity index (χ1n) is 6.64. The van der Waals surface area contributed by atoms with Crippen molar-refractivity contribution in [3.8, 4) is 0 Å². The summed E-state index contributed by atoms with van der Waals surface area (Å²) in [5.74, 6) is 0.145. The van der Waals surface area contributed by atoms with Gasteiger partial charge in [-0.15, -0.1) is 0 Å². The largest absolute Gasteiger partial charge is 0.454 e. The molecule has 2 aliphatic rings. The topological polar surface area (TPSA) is 26.3 Å². The monoisotopic (exact) mass is 242 g/mol. The summed E-state index contributed by atoms with van der Waals surface area (Å²) in [6, 6.07) is 4.59. The van der Waals surface area contributed by atoms with E-state index in [-0.39, 0.29) is 12.1 Å². The predicted octanol–water partition coefficient (Wildman–Crippen LogP) is 3.20. The van der Waals surface area contributed by atoms with Gasteiger partial charge in [0.25, 0.3) is 0 Å². The molecule has 1 aliphatic heterocycles. The number of cyclic esters (lactones) is 1.